The Morgan fingerprint density at radius 1 is 0.750 bits per heavy atom. The predicted molar refractivity (Wildman–Crippen MR) is 161 cm³/mol. The molecular weight excluding hydrogens is 568 g/mol. The Kier molecular flexibility index (Phi) is 7.67. The minimum Gasteiger partial charge on any atom is -0.496 e. The van der Waals surface area contributed by atoms with Crippen molar-refractivity contribution in [2.24, 2.45) is 0 Å². The molecule has 0 aliphatic carbocycles. The van der Waals surface area contributed by atoms with Gasteiger partial charge in [0.1, 0.15) is 11.3 Å². The summed E-state index contributed by atoms with van der Waals surface area (Å²) >= 11 is 3.68. The summed E-state index contributed by atoms with van der Waals surface area (Å²) in [5.41, 5.74) is 5.66. The van der Waals surface area contributed by atoms with Crippen LogP contribution in [0.25, 0.3) is 6.08 Å². The fraction of sp³-hybridized carbons (Fsp3) is 0.121. The molecule has 1 aliphatic heterocycles. The van der Waals surface area contributed by atoms with Gasteiger partial charge in [0.2, 0.25) is 0 Å². The number of hydrogen-bond acceptors (Lipinski definition) is 4. The third-order valence-electron chi connectivity index (χ3n) is 6.65. The first-order valence-corrected chi connectivity index (χ1v) is 13.5. The molecule has 1 aliphatic rings. The highest BCUT2D eigenvalue weighted by atomic mass is 79.9. The number of urea groups is 1. The second-order valence-corrected chi connectivity index (χ2v) is 10.5. The number of methoxy groups -OCH3 is 1. The zero-order valence-corrected chi connectivity index (χ0v) is 23.9. The number of barbiturate groups is 1. The summed E-state index contributed by atoms with van der Waals surface area (Å²) in [7, 11) is 1.59. The fourth-order valence-electron chi connectivity index (χ4n) is 4.95. The molecule has 0 radical (unpaired) electrons. The van der Waals surface area contributed by atoms with Crippen LogP contribution in [0.1, 0.15) is 27.8 Å². The standard InChI is InChI=1S/C33H27BrN2O4/c1-21-14-22(2)16-23(15-21)17-27-29(34)19-24(20-30(27)40-3)18-28-31(37)35(25-10-6-4-7-11-25)33(39)36(32(28)38)26-12-8-5-9-13-26/h4-16,18-20H,17H2,1-3H3. The first kappa shape index (κ1) is 27.1. The molecule has 4 amide bonds. The van der Waals surface area contributed by atoms with Gasteiger partial charge in [-0.2, -0.15) is 0 Å². The van der Waals surface area contributed by atoms with Gasteiger partial charge < -0.3 is 4.74 Å². The van der Waals surface area contributed by atoms with Crippen LogP contribution in [0.3, 0.4) is 0 Å². The molecule has 0 saturated carbocycles. The predicted octanol–water partition coefficient (Wildman–Crippen LogP) is 7.25. The summed E-state index contributed by atoms with van der Waals surface area (Å²) in [6.07, 6.45) is 2.15. The van der Waals surface area contributed by atoms with Gasteiger partial charge >= 0.3 is 6.03 Å². The maximum absolute atomic E-state index is 13.7. The number of aryl methyl sites for hydroxylation is 2. The summed E-state index contributed by atoms with van der Waals surface area (Å²) in [5.74, 6) is -0.766. The van der Waals surface area contributed by atoms with Crippen molar-refractivity contribution in [2.75, 3.05) is 16.9 Å². The monoisotopic (exact) mass is 594 g/mol. The Labute approximate surface area is 241 Å². The molecule has 4 aromatic rings. The molecule has 40 heavy (non-hydrogen) atoms. The molecule has 7 heteroatoms. The average Bonchev–Trinajstić information content (AvgIpc) is 2.93. The Hall–Kier alpha value is -4.49. The van der Waals surface area contributed by atoms with E-state index in [4.69, 9.17) is 4.74 Å². The number of anilines is 2. The van der Waals surface area contributed by atoms with Gasteiger partial charge in [-0.25, -0.2) is 14.6 Å². The zero-order chi connectivity index (χ0) is 28.4. The number of halogens is 1. The lowest BCUT2D eigenvalue weighted by atomic mass is 9.98. The number of amides is 4. The van der Waals surface area contributed by atoms with E-state index >= 15 is 0 Å². The molecule has 0 spiro atoms. The van der Waals surface area contributed by atoms with Crippen LogP contribution in [0.2, 0.25) is 0 Å². The normalized spacial score (nSPS) is 13.6. The Morgan fingerprint density at radius 2 is 1.27 bits per heavy atom. The van der Waals surface area contributed by atoms with Crippen molar-refractivity contribution in [1.82, 2.24) is 0 Å². The number of hydrogen-bond donors (Lipinski definition) is 0. The van der Waals surface area contributed by atoms with Crippen LogP contribution in [-0.2, 0) is 16.0 Å². The smallest absolute Gasteiger partial charge is 0.343 e. The fourth-order valence-corrected chi connectivity index (χ4v) is 5.55. The number of rotatable bonds is 6. The molecule has 0 aromatic heterocycles. The highest BCUT2D eigenvalue weighted by Gasteiger charge is 2.43. The van der Waals surface area contributed by atoms with Crippen LogP contribution in [0.5, 0.6) is 5.75 Å². The zero-order valence-electron chi connectivity index (χ0n) is 22.4. The van der Waals surface area contributed by atoms with E-state index in [1.54, 1.807) is 73.8 Å². The Bertz CT molecular complexity index is 1560. The third kappa shape index (κ3) is 5.33. The average molecular weight is 595 g/mol. The van der Waals surface area contributed by atoms with Crippen LogP contribution in [0.4, 0.5) is 16.2 Å². The van der Waals surface area contributed by atoms with Crippen LogP contribution in [0, 0.1) is 13.8 Å². The first-order valence-electron chi connectivity index (χ1n) is 12.7. The van der Waals surface area contributed by atoms with Gasteiger partial charge in [0.25, 0.3) is 11.8 Å². The maximum Gasteiger partial charge on any atom is 0.343 e. The number of ether oxygens (including phenoxy) is 1. The number of imide groups is 2. The molecule has 0 bridgehead atoms. The van der Waals surface area contributed by atoms with Gasteiger partial charge in [0.05, 0.1) is 18.5 Å². The largest absolute Gasteiger partial charge is 0.496 e. The van der Waals surface area contributed by atoms with E-state index in [1.807, 2.05) is 6.07 Å². The summed E-state index contributed by atoms with van der Waals surface area (Å²) in [5, 5.41) is 0. The van der Waals surface area contributed by atoms with E-state index in [-0.39, 0.29) is 5.57 Å². The SMILES string of the molecule is COc1cc(C=C2C(=O)N(c3ccccc3)C(=O)N(c3ccccc3)C2=O)cc(Br)c1Cc1cc(C)cc(C)c1. The summed E-state index contributed by atoms with van der Waals surface area (Å²) < 4.78 is 6.52. The van der Waals surface area contributed by atoms with Gasteiger partial charge in [0, 0.05) is 16.5 Å². The quantitative estimate of drug-likeness (QED) is 0.174. The van der Waals surface area contributed by atoms with Crippen molar-refractivity contribution in [1.29, 1.82) is 0 Å². The van der Waals surface area contributed by atoms with Crippen molar-refractivity contribution < 1.29 is 19.1 Å². The van der Waals surface area contributed by atoms with Crippen molar-refractivity contribution in [3.8, 4) is 5.75 Å². The minimum absolute atomic E-state index is 0.136. The molecule has 1 fully saturated rings. The van der Waals surface area contributed by atoms with Gasteiger partial charge in [-0.05, 0) is 67.4 Å². The molecule has 5 rings (SSSR count). The van der Waals surface area contributed by atoms with Crippen LogP contribution >= 0.6 is 15.9 Å². The van der Waals surface area contributed by atoms with Crippen molar-refractivity contribution in [3.63, 3.8) is 0 Å². The number of benzene rings is 4. The Balaban J connectivity index is 1.59. The van der Waals surface area contributed by atoms with Crippen LogP contribution < -0.4 is 14.5 Å². The number of carbonyl (C=O) groups is 3. The molecule has 1 saturated heterocycles. The number of carbonyl (C=O) groups excluding carboxylic acids is 3. The molecule has 1 heterocycles. The summed E-state index contributed by atoms with van der Waals surface area (Å²) in [6.45, 7) is 4.14. The molecule has 0 atom stereocenters. The minimum atomic E-state index is -0.730. The topological polar surface area (TPSA) is 66.9 Å². The van der Waals surface area contributed by atoms with Crippen molar-refractivity contribution in [2.45, 2.75) is 20.3 Å². The molecule has 200 valence electrons. The van der Waals surface area contributed by atoms with E-state index in [0.717, 1.165) is 25.4 Å². The van der Waals surface area contributed by atoms with E-state index in [0.29, 0.717) is 29.1 Å². The number of nitrogens with zero attached hydrogens (tertiary/aromatic N) is 2. The lowest BCUT2D eigenvalue weighted by Gasteiger charge is -2.34. The third-order valence-corrected chi connectivity index (χ3v) is 7.36. The second-order valence-electron chi connectivity index (χ2n) is 9.65. The second kappa shape index (κ2) is 11.3. The Morgan fingerprint density at radius 3 is 1.77 bits per heavy atom. The van der Waals surface area contributed by atoms with Crippen molar-refractivity contribution >= 4 is 51.2 Å². The highest BCUT2D eigenvalue weighted by Crippen LogP contribution is 2.34. The number of para-hydroxylation sites is 2. The van der Waals surface area contributed by atoms with E-state index in [1.165, 1.54) is 17.2 Å². The maximum atomic E-state index is 13.7. The van der Waals surface area contributed by atoms with Crippen LogP contribution in [-0.4, -0.2) is 25.0 Å². The van der Waals surface area contributed by atoms with E-state index < -0.39 is 17.8 Å². The summed E-state index contributed by atoms with van der Waals surface area (Å²) in [4.78, 5) is 43.0. The molecular formula is C33H27BrN2O4. The molecule has 0 N–H and O–H groups in total. The van der Waals surface area contributed by atoms with Crippen LogP contribution in [0.15, 0.2) is 101 Å². The molecule has 4 aromatic carbocycles. The lowest BCUT2D eigenvalue weighted by molar-refractivity contribution is -0.121. The van der Waals surface area contributed by atoms with Gasteiger partial charge in [-0.3, -0.25) is 9.59 Å². The van der Waals surface area contributed by atoms with Gasteiger partial charge in [-0.1, -0.05) is 81.7 Å². The van der Waals surface area contributed by atoms with Gasteiger partial charge in [0.15, 0.2) is 0 Å². The van der Waals surface area contributed by atoms with Crippen molar-refractivity contribution in [3.05, 3.63) is 129 Å². The molecule has 6 nitrogen and oxygen atoms in total. The summed E-state index contributed by atoms with van der Waals surface area (Å²) in [6, 6.07) is 26.5. The first-order chi connectivity index (χ1) is 19.3. The van der Waals surface area contributed by atoms with Gasteiger partial charge in [-0.15, -0.1) is 0 Å². The highest BCUT2D eigenvalue weighted by molar-refractivity contribution is 9.10. The lowest BCUT2D eigenvalue weighted by Crippen LogP contribution is -2.57. The van der Waals surface area contributed by atoms with E-state index in [9.17, 15) is 14.4 Å². The molecule has 0 unspecified atom stereocenters. The van der Waals surface area contributed by atoms with E-state index in [2.05, 4.69) is 48.0 Å².